The molecule has 0 aromatic heterocycles. The van der Waals surface area contributed by atoms with Crippen LogP contribution < -0.4 is 4.90 Å². The van der Waals surface area contributed by atoms with Gasteiger partial charge in [-0.2, -0.15) is 0 Å². The van der Waals surface area contributed by atoms with Gasteiger partial charge in [-0.05, 0) is 99.5 Å². The Hall–Kier alpha value is -0.240. The van der Waals surface area contributed by atoms with Gasteiger partial charge in [-0.25, -0.2) is 9.69 Å². The van der Waals surface area contributed by atoms with E-state index in [4.69, 9.17) is 0 Å². The van der Waals surface area contributed by atoms with Gasteiger partial charge in [0.05, 0.1) is 14.8 Å². The summed E-state index contributed by atoms with van der Waals surface area (Å²) in [5.74, 6) is -1.65. The van der Waals surface area contributed by atoms with Gasteiger partial charge in [-0.3, -0.25) is 9.59 Å². The molecule has 0 spiro atoms. The summed E-state index contributed by atoms with van der Waals surface area (Å²) in [4.78, 5) is 38.1. The molecule has 0 bridgehead atoms. The van der Waals surface area contributed by atoms with Crippen LogP contribution in [0.5, 0.6) is 0 Å². The SMILES string of the molecule is O=C(O)c1c(I)cc(I)c(N2C(=O)C3=C(CCCC3)C2=O)c1I. The molecule has 0 radical (unpaired) electrons. The first-order valence-corrected chi connectivity index (χ1v) is 10.1. The zero-order valence-corrected chi connectivity index (χ0v) is 18.1. The van der Waals surface area contributed by atoms with Gasteiger partial charge in [0.2, 0.25) is 0 Å². The number of halogens is 3. The van der Waals surface area contributed by atoms with Gasteiger partial charge in [0.1, 0.15) is 0 Å². The van der Waals surface area contributed by atoms with Crippen LogP contribution in [0.4, 0.5) is 5.69 Å². The van der Waals surface area contributed by atoms with Crippen LogP contribution in [0.25, 0.3) is 0 Å². The molecule has 2 amide bonds. The lowest BCUT2D eigenvalue weighted by Gasteiger charge is -2.20. The molecule has 0 atom stereocenters. The van der Waals surface area contributed by atoms with Gasteiger partial charge >= 0.3 is 5.97 Å². The summed E-state index contributed by atoms with van der Waals surface area (Å²) in [5.41, 5.74) is 1.73. The second-order valence-electron chi connectivity index (χ2n) is 5.29. The standard InChI is InChI=1S/C15H10I3NO4/c16-8-5-9(17)12(11(18)10(8)15(22)23)19-13(20)6-3-1-2-4-7(6)14(19)21/h5H,1-4H2,(H,22,23). The number of hydrogen-bond donors (Lipinski definition) is 1. The molecule has 8 heteroatoms. The topological polar surface area (TPSA) is 74.7 Å². The normalized spacial score (nSPS) is 17.8. The monoisotopic (exact) mass is 649 g/mol. The van der Waals surface area contributed by atoms with E-state index in [-0.39, 0.29) is 17.4 Å². The third-order valence-corrected chi connectivity index (χ3v) is 6.70. The maximum Gasteiger partial charge on any atom is 0.337 e. The van der Waals surface area contributed by atoms with Gasteiger partial charge in [0.25, 0.3) is 11.8 Å². The number of hydrogen-bond acceptors (Lipinski definition) is 3. The Bertz CT molecular complexity index is 772. The first-order chi connectivity index (χ1) is 10.8. The van der Waals surface area contributed by atoms with Crippen molar-refractivity contribution in [2.45, 2.75) is 25.7 Å². The molecule has 1 heterocycles. The maximum absolute atomic E-state index is 12.7. The van der Waals surface area contributed by atoms with Crippen LogP contribution in [0.1, 0.15) is 36.0 Å². The number of anilines is 1. The number of benzene rings is 1. The van der Waals surface area contributed by atoms with Gasteiger partial charge in [-0.15, -0.1) is 0 Å². The van der Waals surface area contributed by atoms with E-state index < -0.39 is 5.97 Å². The molecule has 23 heavy (non-hydrogen) atoms. The molecule has 0 fully saturated rings. The number of carboxylic acids is 1. The summed E-state index contributed by atoms with van der Waals surface area (Å²) < 4.78 is 1.71. The molecule has 3 rings (SSSR count). The molecule has 1 aromatic carbocycles. The van der Waals surface area contributed by atoms with Gasteiger partial charge in [0, 0.05) is 18.3 Å². The lowest BCUT2D eigenvalue weighted by Crippen LogP contribution is -2.33. The van der Waals surface area contributed by atoms with E-state index in [1.807, 2.05) is 67.8 Å². The summed E-state index contributed by atoms with van der Waals surface area (Å²) in [5, 5.41) is 9.43. The van der Waals surface area contributed by atoms with Crippen molar-refractivity contribution in [3.63, 3.8) is 0 Å². The Morgan fingerprint density at radius 1 is 1.00 bits per heavy atom. The Morgan fingerprint density at radius 2 is 1.52 bits per heavy atom. The smallest absolute Gasteiger partial charge is 0.337 e. The van der Waals surface area contributed by atoms with E-state index in [0.29, 0.717) is 40.4 Å². The van der Waals surface area contributed by atoms with Crippen LogP contribution in [0.2, 0.25) is 0 Å². The number of aromatic carboxylic acids is 1. The average molecular weight is 649 g/mol. The predicted molar refractivity (Wildman–Crippen MR) is 110 cm³/mol. The summed E-state index contributed by atoms with van der Waals surface area (Å²) in [6.07, 6.45) is 3.07. The number of rotatable bonds is 2. The molecule has 1 N–H and O–H groups in total. The van der Waals surface area contributed by atoms with Crippen molar-refractivity contribution < 1.29 is 19.5 Å². The number of amides is 2. The summed E-state index contributed by atoms with van der Waals surface area (Å²) in [6.45, 7) is 0. The minimum atomic E-state index is -1.06. The zero-order chi connectivity index (χ0) is 16.9. The highest BCUT2D eigenvalue weighted by Gasteiger charge is 2.42. The van der Waals surface area contributed by atoms with Crippen molar-refractivity contribution in [2.75, 3.05) is 4.90 Å². The Labute approximate surface area is 173 Å². The molecular formula is C15H10I3NO4. The van der Waals surface area contributed by atoms with Crippen LogP contribution >= 0.6 is 67.8 Å². The molecule has 120 valence electrons. The van der Waals surface area contributed by atoms with Crippen molar-refractivity contribution in [1.82, 2.24) is 0 Å². The van der Waals surface area contributed by atoms with Crippen LogP contribution in [0.15, 0.2) is 17.2 Å². The first kappa shape index (κ1) is 17.6. The lowest BCUT2D eigenvalue weighted by atomic mass is 9.93. The molecule has 0 saturated heterocycles. The Morgan fingerprint density at radius 3 is 2.00 bits per heavy atom. The fourth-order valence-corrected chi connectivity index (χ4v) is 7.24. The number of carbonyl (C=O) groups is 3. The fraction of sp³-hybridized carbons (Fsp3) is 0.267. The van der Waals surface area contributed by atoms with Crippen LogP contribution in [0.3, 0.4) is 0 Å². The van der Waals surface area contributed by atoms with Crippen molar-refractivity contribution in [3.8, 4) is 0 Å². The van der Waals surface area contributed by atoms with Gasteiger partial charge in [0.15, 0.2) is 0 Å². The van der Waals surface area contributed by atoms with Gasteiger partial charge < -0.3 is 5.11 Å². The predicted octanol–water partition coefficient (Wildman–Crippen LogP) is 3.94. The second-order valence-corrected chi connectivity index (χ2v) is 8.70. The van der Waals surface area contributed by atoms with Crippen LogP contribution in [-0.2, 0) is 9.59 Å². The van der Waals surface area contributed by atoms with Crippen molar-refractivity contribution in [3.05, 3.63) is 33.5 Å². The van der Waals surface area contributed by atoms with E-state index in [2.05, 4.69) is 0 Å². The van der Waals surface area contributed by atoms with E-state index in [1.54, 1.807) is 6.07 Å². The van der Waals surface area contributed by atoms with Crippen LogP contribution in [-0.4, -0.2) is 22.9 Å². The molecule has 5 nitrogen and oxygen atoms in total. The molecule has 1 aliphatic heterocycles. The molecule has 1 aromatic rings. The highest BCUT2D eigenvalue weighted by atomic mass is 127. The van der Waals surface area contributed by atoms with E-state index in [1.165, 1.54) is 4.90 Å². The number of carboxylic acid groups (broad SMARTS) is 1. The minimum Gasteiger partial charge on any atom is -0.478 e. The molecular weight excluding hydrogens is 639 g/mol. The molecule has 2 aliphatic rings. The molecule has 0 unspecified atom stereocenters. The summed E-state index contributed by atoms with van der Waals surface area (Å²) >= 11 is 5.93. The summed E-state index contributed by atoms with van der Waals surface area (Å²) in [7, 11) is 0. The number of imide groups is 1. The Balaban J connectivity index is 2.17. The minimum absolute atomic E-state index is 0.132. The quantitative estimate of drug-likeness (QED) is 0.390. The third-order valence-electron chi connectivity index (χ3n) is 3.97. The van der Waals surface area contributed by atoms with Gasteiger partial charge in [-0.1, -0.05) is 0 Å². The fourth-order valence-electron chi connectivity index (χ4n) is 2.92. The van der Waals surface area contributed by atoms with Crippen molar-refractivity contribution in [1.29, 1.82) is 0 Å². The van der Waals surface area contributed by atoms with Crippen molar-refractivity contribution >= 4 is 91.2 Å². The first-order valence-electron chi connectivity index (χ1n) is 6.86. The number of nitrogens with zero attached hydrogens (tertiary/aromatic N) is 1. The van der Waals surface area contributed by atoms with Crippen molar-refractivity contribution in [2.24, 2.45) is 0 Å². The number of carbonyl (C=O) groups excluding carboxylic acids is 2. The lowest BCUT2D eigenvalue weighted by molar-refractivity contribution is -0.120. The third kappa shape index (κ3) is 2.83. The molecule has 0 saturated carbocycles. The maximum atomic E-state index is 12.7. The second kappa shape index (κ2) is 6.58. The van der Waals surface area contributed by atoms with Crippen LogP contribution in [0, 0.1) is 10.7 Å². The summed E-state index contributed by atoms with van der Waals surface area (Å²) in [6, 6.07) is 1.69. The van der Waals surface area contributed by atoms with E-state index >= 15 is 0 Å². The Kier molecular flexibility index (Phi) is 5.03. The average Bonchev–Trinajstić information content (AvgIpc) is 2.72. The highest BCUT2D eigenvalue weighted by molar-refractivity contribution is 14.1. The molecule has 1 aliphatic carbocycles. The largest absolute Gasteiger partial charge is 0.478 e. The van der Waals surface area contributed by atoms with E-state index in [0.717, 1.165) is 12.8 Å². The highest BCUT2D eigenvalue weighted by Crippen LogP contribution is 2.41. The van der Waals surface area contributed by atoms with E-state index in [9.17, 15) is 19.5 Å². The zero-order valence-electron chi connectivity index (χ0n) is 11.7.